The number of nitrogens with one attached hydrogen (secondary N) is 1. The van der Waals surface area contributed by atoms with Crippen LogP contribution in [0.4, 0.5) is 5.69 Å². The molecule has 23 heavy (non-hydrogen) atoms. The van der Waals surface area contributed by atoms with Gasteiger partial charge >= 0.3 is 0 Å². The highest BCUT2D eigenvalue weighted by Gasteiger charge is 2.30. The van der Waals surface area contributed by atoms with Gasteiger partial charge in [-0.2, -0.15) is 0 Å². The van der Waals surface area contributed by atoms with Crippen LogP contribution < -0.4 is 5.32 Å². The van der Waals surface area contributed by atoms with Gasteiger partial charge in [-0.1, -0.05) is 48.5 Å². The Hall–Kier alpha value is -1.80. The van der Waals surface area contributed by atoms with Crippen LogP contribution in [0.15, 0.2) is 54.6 Å². The van der Waals surface area contributed by atoms with Crippen LogP contribution in [0, 0.1) is 6.92 Å². The molecule has 2 nitrogen and oxygen atoms in total. The average Bonchev–Trinajstić information content (AvgIpc) is 2.54. The maximum atomic E-state index is 3.77. The van der Waals surface area contributed by atoms with Gasteiger partial charge in [-0.15, -0.1) is 0 Å². The second kappa shape index (κ2) is 7.18. The quantitative estimate of drug-likeness (QED) is 0.868. The lowest BCUT2D eigenvalue weighted by molar-refractivity contribution is 0.0884. The highest BCUT2D eigenvalue weighted by Crippen LogP contribution is 2.28. The van der Waals surface area contributed by atoms with Crippen molar-refractivity contribution in [2.45, 2.75) is 58.3 Å². The van der Waals surface area contributed by atoms with E-state index in [0.717, 1.165) is 6.54 Å². The molecule has 1 N–H and O–H groups in total. The number of benzene rings is 2. The maximum absolute atomic E-state index is 3.77. The lowest BCUT2D eigenvalue weighted by Gasteiger charge is -2.43. The monoisotopic (exact) mass is 308 g/mol. The van der Waals surface area contributed by atoms with Gasteiger partial charge < -0.3 is 5.32 Å². The van der Waals surface area contributed by atoms with Gasteiger partial charge in [0.2, 0.25) is 0 Å². The van der Waals surface area contributed by atoms with E-state index >= 15 is 0 Å². The van der Waals surface area contributed by atoms with Crippen LogP contribution in [0.1, 0.15) is 37.8 Å². The third-order valence-corrected chi connectivity index (χ3v) is 5.10. The molecule has 0 bridgehead atoms. The standard InChI is InChI=1S/C21H28N2/c1-16-9-7-8-12-21(16)22-20-13-17(2)23(18(3)14-20)15-19-10-5-4-6-11-19/h4-12,17-18,20,22H,13-15H2,1-3H3. The Balaban J connectivity index is 1.64. The van der Waals surface area contributed by atoms with Crippen molar-refractivity contribution in [2.24, 2.45) is 0 Å². The molecule has 2 aromatic carbocycles. The first-order valence-corrected chi connectivity index (χ1v) is 8.75. The van der Waals surface area contributed by atoms with E-state index in [-0.39, 0.29) is 0 Å². The van der Waals surface area contributed by atoms with Gasteiger partial charge in [0.25, 0.3) is 0 Å². The summed E-state index contributed by atoms with van der Waals surface area (Å²) in [5.41, 5.74) is 4.03. The number of likely N-dealkylation sites (tertiary alicyclic amines) is 1. The molecule has 1 aliphatic rings. The summed E-state index contributed by atoms with van der Waals surface area (Å²) in [5, 5.41) is 3.77. The summed E-state index contributed by atoms with van der Waals surface area (Å²) >= 11 is 0. The Morgan fingerprint density at radius 2 is 1.52 bits per heavy atom. The minimum atomic E-state index is 0.563. The third-order valence-electron chi connectivity index (χ3n) is 5.10. The van der Waals surface area contributed by atoms with Crippen molar-refractivity contribution >= 4 is 5.69 Å². The highest BCUT2D eigenvalue weighted by molar-refractivity contribution is 5.51. The number of anilines is 1. The van der Waals surface area contributed by atoms with E-state index in [2.05, 4.69) is 85.6 Å². The molecule has 0 radical (unpaired) electrons. The number of hydrogen-bond donors (Lipinski definition) is 1. The zero-order chi connectivity index (χ0) is 16.2. The van der Waals surface area contributed by atoms with E-state index in [1.165, 1.54) is 29.7 Å². The molecule has 2 aromatic rings. The summed E-state index contributed by atoms with van der Waals surface area (Å²) in [6.07, 6.45) is 2.40. The van der Waals surface area contributed by atoms with E-state index in [0.29, 0.717) is 18.1 Å². The van der Waals surface area contributed by atoms with Crippen molar-refractivity contribution in [3.63, 3.8) is 0 Å². The molecule has 1 saturated heterocycles. The fraction of sp³-hybridized carbons (Fsp3) is 0.429. The maximum Gasteiger partial charge on any atom is 0.0372 e. The molecule has 1 heterocycles. The number of para-hydroxylation sites is 1. The molecule has 0 saturated carbocycles. The second-order valence-corrected chi connectivity index (χ2v) is 6.98. The van der Waals surface area contributed by atoms with Gasteiger partial charge in [0.15, 0.2) is 0 Å². The van der Waals surface area contributed by atoms with Crippen LogP contribution >= 0.6 is 0 Å². The van der Waals surface area contributed by atoms with Gasteiger partial charge in [-0.3, -0.25) is 4.90 Å². The van der Waals surface area contributed by atoms with Crippen LogP contribution in [0.5, 0.6) is 0 Å². The second-order valence-electron chi connectivity index (χ2n) is 6.98. The van der Waals surface area contributed by atoms with Crippen LogP contribution in [0.3, 0.4) is 0 Å². The van der Waals surface area contributed by atoms with Crippen molar-refractivity contribution in [1.82, 2.24) is 4.90 Å². The SMILES string of the molecule is Cc1ccccc1NC1CC(C)N(Cc2ccccc2)C(C)C1. The van der Waals surface area contributed by atoms with Gasteiger partial charge in [-0.25, -0.2) is 0 Å². The van der Waals surface area contributed by atoms with Crippen molar-refractivity contribution in [3.8, 4) is 0 Å². The molecule has 2 atom stereocenters. The molecular formula is C21H28N2. The number of aryl methyl sites for hydroxylation is 1. The fourth-order valence-electron chi connectivity index (χ4n) is 3.80. The summed E-state index contributed by atoms with van der Waals surface area (Å²) < 4.78 is 0. The zero-order valence-electron chi connectivity index (χ0n) is 14.5. The number of rotatable bonds is 4. The van der Waals surface area contributed by atoms with Crippen LogP contribution in [0.25, 0.3) is 0 Å². The minimum Gasteiger partial charge on any atom is -0.382 e. The summed E-state index contributed by atoms with van der Waals surface area (Å²) in [5.74, 6) is 0. The molecule has 0 spiro atoms. The molecule has 0 aromatic heterocycles. The predicted molar refractivity (Wildman–Crippen MR) is 98.7 cm³/mol. The molecule has 1 fully saturated rings. The lowest BCUT2D eigenvalue weighted by Crippen LogP contribution is -2.49. The predicted octanol–water partition coefficient (Wildman–Crippen LogP) is 4.85. The Bertz CT molecular complexity index is 611. The van der Waals surface area contributed by atoms with Gasteiger partial charge in [0, 0.05) is 30.4 Å². The summed E-state index contributed by atoms with van der Waals surface area (Å²) in [6, 6.07) is 21.2. The lowest BCUT2D eigenvalue weighted by atomic mass is 9.91. The Morgan fingerprint density at radius 3 is 2.17 bits per heavy atom. The number of piperidine rings is 1. The largest absolute Gasteiger partial charge is 0.382 e. The van der Waals surface area contributed by atoms with Crippen LogP contribution in [-0.4, -0.2) is 23.0 Å². The van der Waals surface area contributed by atoms with E-state index < -0.39 is 0 Å². The average molecular weight is 308 g/mol. The van der Waals surface area contributed by atoms with E-state index in [4.69, 9.17) is 0 Å². The summed E-state index contributed by atoms with van der Waals surface area (Å²) in [4.78, 5) is 2.64. The van der Waals surface area contributed by atoms with E-state index in [1.54, 1.807) is 0 Å². The zero-order valence-corrected chi connectivity index (χ0v) is 14.5. The first-order chi connectivity index (χ1) is 11.1. The fourth-order valence-corrected chi connectivity index (χ4v) is 3.80. The van der Waals surface area contributed by atoms with Crippen molar-refractivity contribution < 1.29 is 0 Å². The Kier molecular flexibility index (Phi) is 5.02. The topological polar surface area (TPSA) is 15.3 Å². The molecule has 0 amide bonds. The van der Waals surface area contributed by atoms with Gasteiger partial charge in [-0.05, 0) is 50.8 Å². The van der Waals surface area contributed by atoms with Crippen molar-refractivity contribution in [1.29, 1.82) is 0 Å². The molecule has 2 heteroatoms. The first-order valence-electron chi connectivity index (χ1n) is 8.75. The van der Waals surface area contributed by atoms with E-state index in [1.807, 2.05) is 0 Å². The minimum absolute atomic E-state index is 0.563. The third kappa shape index (κ3) is 3.94. The van der Waals surface area contributed by atoms with E-state index in [9.17, 15) is 0 Å². The van der Waals surface area contributed by atoms with Crippen molar-refractivity contribution in [2.75, 3.05) is 5.32 Å². The molecule has 1 aliphatic heterocycles. The normalized spacial score (nSPS) is 25.3. The molecule has 3 rings (SSSR count). The number of nitrogens with zero attached hydrogens (tertiary/aromatic N) is 1. The molecule has 2 unspecified atom stereocenters. The van der Waals surface area contributed by atoms with Gasteiger partial charge in [0.1, 0.15) is 0 Å². The number of hydrogen-bond acceptors (Lipinski definition) is 2. The smallest absolute Gasteiger partial charge is 0.0372 e. The molecular weight excluding hydrogens is 280 g/mol. The first kappa shape index (κ1) is 16.1. The van der Waals surface area contributed by atoms with Gasteiger partial charge in [0.05, 0.1) is 0 Å². The van der Waals surface area contributed by atoms with Crippen LogP contribution in [-0.2, 0) is 6.54 Å². The molecule has 0 aliphatic carbocycles. The summed E-state index contributed by atoms with van der Waals surface area (Å²) in [6.45, 7) is 7.97. The van der Waals surface area contributed by atoms with Crippen molar-refractivity contribution in [3.05, 3.63) is 65.7 Å². The molecule has 122 valence electrons. The van der Waals surface area contributed by atoms with Crippen LogP contribution in [0.2, 0.25) is 0 Å². The summed E-state index contributed by atoms with van der Waals surface area (Å²) in [7, 11) is 0. The highest BCUT2D eigenvalue weighted by atomic mass is 15.2. The Morgan fingerprint density at radius 1 is 0.913 bits per heavy atom. The Labute approximate surface area is 140 Å².